The number of rotatable bonds is 4. The van der Waals surface area contributed by atoms with Gasteiger partial charge in [-0.25, -0.2) is 0 Å². The zero-order valence-corrected chi connectivity index (χ0v) is 12.5. The molecule has 0 spiro atoms. The molecule has 1 aromatic heterocycles. The largest absolute Gasteiger partial charge is 0.494 e. The fraction of sp³-hybridized carbons (Fsp3) is 0.333. The lowest BCUT2D eigenvalue weighted by atomic mass is 10.0. The van der Waals surface area contributed by atoms with Gasteiger partial charge in [0.25, 0.3) is 0 Å². The first-order valence-corrected chi connectivity index (χ1v) is 6.96. The highest BCUT2D eigenvalue weighted by atomic mass is 79.9. The lowest BCUT2D eigenvalue weighted by Crippen LogP contribution is -1.99. The Kier molecular flexibility index (Phi) is 4.12. The molecule has 0 radical (unpaired) electrons. The van der Waals surface area contributed by atoms with Gasteiger partial charge in [-0.1, -0.05) is 33.6 Å². The highest BCUT2D eigenvalue weighted by Gasteiger charge is 2.17. The summed E-state index contributed by atoms with van der Waals surface area (Å²) in [4.78, 5) is 0.0939. The molecule has 2 aromatic rings. The first-order valence-electron chi connectivity index (χ1n) is 6.04. The number of alkyl halides is 1. The van der Waals surface area contributed by atoms with Gasteiger partial charge < -0.3 is 9.15 Å². The quantitative estimate of drug-likeness (QED) is 0.758. The van der Waals surface area contributed by atoms with E-state index in [1.807, 2.05) is 26.0 Å². The van der Waals surface area contributed by atoms with Crippen LogP contribution in [0.3, 0.4) is 0 Å². The molecule has 0 amide bonds. The number of benzene rings is 1. The molecule has 1 heterocycles. The van der Waals surface area contributed by atoms with Crippen molar-refractivity contribution < 1.29 is 9.15 Å². The van der Waals surface area contributed by atoms with Gasteiger partial charge >= 0.3 is 0 Å². The zero-order valence-electron chi connectivity index (χ0n) is 10.9. The number of aryl methyl sites for hydroxylation is 2. The van der Waals surface area contributed by atoms with Crippen molar-refractivity contribution in [2.75, 3.05) is 6.61 Å². The fourth-order valence-electron chi connectivity index (χ4n) is 1.93. The van der Waals surface area contributed by atoms with Gasteiger partial charge in [-0.2, -0.15) is 0 Å². The summed E-state index contributed by atoms with van der Waals surface area (Å²) in [5, 5.41) is 0. The Labute approximate surface area is 116 Å². The van der Waals surface area contributed by atoms with Crippen LogP contribution in [-0.2, 0) is 0 Å². The van der Waals surface area contributed by atoms with Crippen LogP contribution in [0.4, 0.5) is 0 Å². The topological polar surface area (TPSA) is 22.4 Å². The van der Waals surface area contributed by atoms with Crippen LogP contribution in [0, 0.1) is 13.8 Å². The van der Waals surface area contributed by atoms with Gasteiger partial charge in [0.15, 0.2) is 0 Å². The van der Waals surface area contributed by atoms with Crippen molar-refractivity contribution in [2.24, 2.45) is 0 Å². The number of halogens is 1. The summed E-state index contributed by atoms with van der Waals surface area (Å²) in [6.07, 6.45) is 1.78. The predicted octanol–water partition coefficient (Wildman–Crippen LogP) is 4.78. The Morgan fingerprint density at radius 3 is 2.67 bits per heavy atom. The van der Waals surface area contributed by atoms with Crippen molar-refractivity contribution in [3.05, 3.63) is 53.0 Å². The van der Waals surface area contributed by atoms with E-state index < -0.39 is 0 Å². The third kappa shape index (κ3) is 2.78. The first-order chi connectivity index (χ1) is 8.61. The van der Waals surface area contributed by atoms with Crippen LogP contribution in [0.2, 0.25) is 0 Å². The summed E-state index contributed by atoms with van der Waals surface area (Å²) in [7, 11) is 0. The Bertz CT molecular complexity index is 531. The molecule has 1 atom stereocenters. The van der Waals surface area contributed by atoms with Gasteiger partial charge in [0.05, 0.1) is 17.7 Å². The third-order valence-electron chi connectivity index (χ3n) is 2.78. The molecule has 0 N–H and O–H groups in total. The SMILES string of the molecule is CCOc1ccc(C)cc1C(Br)c1coc(C)c1. The summed E-state index contributed by atoms with van der Waals surface area (Å²) in [6.45, 7) is 6.69. The normalized spacial score (nSPS) is 12.4. The minimum atomic E-state index is 0.0939. The molecule has 0 saturated carbocycles. The fourth-order valence-corrected chi connectivity index (χ4v) is 2.53. The molecule has 1 unspecified atom stereocenters. The van der Waals surface area contributed by atoms with Crippen LogP contribution in [0.15, 0.2) is 34.9 Å². The van der Waals surface area contributed by atoms with E-state index in [9.17, 15) is 0 Å². The van der Waals surface area contributed by atoms with E-state index in [1.165, 1.54) is 5.56 Å². The Morgan fingerprint density at radius 2 is 2.06 bits per heavy atom. The summed E-state index contributed by atoms with van der Waals surface area (Å²) < 4.78 is 11.0. The molecule has 2 nitrogen and oxygen atoms in total. The lowest BCUT2D eigenvalue weighted by Gasteiger charge is -2.15. The van der Waals surface area contributed by atoms with Gasteiger partial charge in [0.2, 0.25) is 0 Å². The van der Waals surface area contributed by atoms with Crippen molar-refractivity contribution in [3.63, 3.8) is 0 Å². The van der Waals surface area contributed by atoms with E-state index >= 15 is 0 Å². The monoisotopic (exact) mass is 308 g/mol. The second-order valence-corrected chi connectivity index (χ2v) is 5.24. The van der Waals surface area contributed by atoms with Gasteiger partial charge in [0, 0.05) is 11.1 Å². The highest BCUT2D eigenvalue weighted by molar-refractivity contribution is 9.09. The molecule has 3 heteroatoms. The van der Waals surface area contributed by atoms with E-state index in [1.54, 1.807) is 6.26 Å². The van der Waals surface area contributed by atoms with Crippen LogP contribution in [0.5, 0.6) is 5.75 Å². The van der Waals surface area contributed by atoms with Gasteiger partial charge in [-0.15, -0.1) is 0 Å². The Hall–Kier alpha value is -1.22. The van der Waals surface area contributed by atoms with E-state index in [-0.39, 0.29) is 4.83 Å². The lowest BCUT2D eigenvalue weighted by molar-refractivity contribution is 0.337. The molecule has 0 aliphatic carbocycles. The maximum atomic E-state index is 5.68. The molecule has 2 rings (SSSR count). The smallest absolute Gasteiger partial charge is 0.123 e. The highest BCUT2D eigenvalue weighted by Crippen LogP contribution is 2.37. The van der Waals surface area contributed by atoms with Crippen molar-refractivity contribution in [1.82, 2.24) is 0 Å². The van der Waals surface area contributed by atoms with Gasteiger partial charge in [0.1, 0.15) is 11.5 Å². The molecule has 18 heavy (non-hydrogen) atoms. The molecular weight excluding hydrogens is 292 g/mol. The second-order valence-electron chi connectivity index (χ2n) is 4.33. The predicted molar refractivity (Wildman–Crippen MR) is 76.6 cm³/mol. The van der Waals surface area contributed by atoms with Gasteiger partial charge in [-0.3, -0.25) is 0 Å². The standard InChI is InChI=1S/C15H17BrO2/c1-4-17-14-6-5-10(2)7-13(14)15(16)12-8-11(3)18-9-12/h5-9,15H,4H2,1-3H3. The van der Waals surface area contributed by atoms with E-state index in [4.69, 9.17) is 9.15 Å². The van der Waals surface area contributed by atoms with Crippen molar-refractivity contribution in [1.29, 1.82) is 0 Å². The Balaban J connectivity index is 2.39. The van der Waals surface area contributed by atoms with Gasteiger partial charge in [-0.05, 0) is 32.9 Å². The van der Waals surface area contributed by atoms with E-state index in [0.717, 1.165) is 22.6 Å². The van der Waals surface area contributed by atoms with Crippen LogP contribution < -0.4 is 4.74 Å². The molecule has 1 aromatic carbocycles. The molecule has 0 fully saturated rings. The summed E-state index contributed by atoms with van der Waals surface area (Å²) in [6, 6.07) is 8.27. The number of hydrogen-bond acceptors (Lipinski definition) is 2. The number of hydrogen-bond donors (Lipinski definition) is 0. The summed E-state index contributed by atoms with van der Waals surface area (Å²) in [5.41, 5.74) is 3.47. The maximum absolute atomic E-state index is 5.68. The molecular formula is C15H17BrO2. The number of ether oxygens (including phenoxy) is 1. The van der Waals surface area contributed by atoms with E-state index in [0.29, 0.717) is 6.61 Å². The zero-order chi connectivity index (χ0) is 13.1. The third-order valence-corrected chi connectivity index (χ3v) is 3.80. The maximum Gasteiger partial charge on any atom is 0.123 e. The molecule has 0 aliphatic rings. The van der Waals surface area contributed by atoms with Crippen LogP contribution in [0.25, 0.3) is 0 Å². The minimum absolute atomic E-state index is 0.0939. The summed E-state index contributed by atoms with van der Waals surface area (Å²) in [5.74, 6) is 1.84. The van der Waals surface area contributed by atoms with Crippen LogP contribution >= 0.6 is 15.9 Å². The molecule has 0 bridgehead atoms. The van der Waals surface area contributed by atoms with Crippen LogP contribution in [0.1, 0.15) is 34.2 Å². The number of furan rings is 1. The van der Waals surface area contributed by atoms with Crippen molar-refractivity contribution in [3.8, 4) is 5.75 Å². The van der Waals surface area contributed by atoms with Crippen molar-refractivity contribution >= 4 is 15.9 Å². The van der Waals surface area contributed by atoms with Crippen LogP contribution in [-0.4, -0.2) is 6.61 Å². The first kappa shape index (κ1) is 13.2. The van der Waals surface area contributed by atoms with E-state index in [2.05, 4.69) is 35.0 Å². The average molecular weight is 309 g/mol. The molecule has 96 valence electrons. The molecule has 0 aliphatic heterocycles. The Morgan fingerprint density at radius 1 is 1.28 bits per heavy atom. The molecule has 0 saturated heterocycles. The minimum Gasteiger partial charge on any atom is -0.494 e. The summed E-state index contributed by atoms with van der Waals surface area (Å²) >= 11 is 3.72. The average Bonchev–Trinajstić information content (AvgIpc) is 2.77. The van der Waals surface area contributed by atoms with Crippen molar-refractivity contribution in [2.45, 2.75) is 25.6 Å². The second kappa shape index (κ2) is 5.61.